The average Bonchev–Trinajstić information content (AvgIpc) is 4.20. The predicted octanol–water partition coefficient (Wildman–Crippen LogP) is 10.1. The molecule has 12 rings (SSSR count). The van der Waals surface area contributed by atoms with Crippen molar-refractivity contribution in [2.75, 3.05) is 5.32 Å². The van der Waals surface area contributed by atoms with Crippen molar-refractivity contribution in [2.45, 2.75) is 27.2 Å². The Bertz CT molecular complexity index is 3960. The monoisotopic (exact) mass is 938 g/mol. The Morgan fingerprint density at radius 1 is 0.721 bits per heavy atom. The van der Waals surface area contributed by atoms with Gasteiger partial charge in [-0.05, 0) is 54.8 Å². The van der Waals surface area contributed by atoms with Crippen LogP contribution in [0.5, 0.6) is 0 Å². The van der Waals surface area contributed by atoms with E-state index in [1.54, 1.807) is 55.6 Å². The number of thiophene rings is 2. The number of halogens is 2. The molecule has 332 valence electrons. The topological polar surface area (TPSA) is 212 Å². The van der Waals surface area contributed by atoms with Crippen LogP contribution < -0.4 is 9.88 Å². The molecule has 0 fully saturated rings. The highest BCUT2D eigenvalue weighted by atomic mass is 32.1. The van der Waals surface area contributed by atoms with E-state index in [1.807, 2.05) is 62.0 Å². The molecular formula is C48H34F2N15OS2+. The normalized spacial score (nSPS) is 11.9. The van der Waals surface area contributed by atoms with Crippen LogP contribution in [-0.2, 0) is 4.79 Å². The number of hydrogen-bond acceptors (Lipinski definition) is 12. The van der Waals surface area contributed by atoms with Crippen molar-refractivity contribution in [1.82, 2.24) is 65.3 Å². The number of aryl methyl sites for hydroxylation is 1. The number of aromatic amines is 4. The highest BCUT2D eigenvalue weighted by Gasteiger charge is 2.28. The zero-order valence-corrected chi connectivity index (χ0v) is 37.7. The minimum Gasteiger partial charge on any atom is -0.335 e. The molecule has 12 aromatic rings. The first-order valence-electron chi connectivity index (χ1n) is 21.3. The van der Waals surface area contributed by atoms with Gasteiger partial charge >= 0.3 is 5.65 Å². The van der Waals surface area contributed by atoms with Gasteiger partial charge in [0, 0.05) is 87.9 Å². The summed E-state index contributed by atoms with van der Waals surface area (Å²) >= 11 is 1.96. The molecular weight excluding hydrogens is 905 g/mol. The van der Waals surface area contributed by atoms with Crippen LogP contribution in [0.2, 0.25) is 0 Å². The summed E-state index contributed by atoms with van der Waals surface area (Å²) in [6, 6.07) is 12.3. The lowest BCUT2D eigenvalue weighted by Gasteiger charge is -2.10. The molecule has 0 spiro atoms. The molecule has 12 heterocycles. The van der Waals surface area contributed by atoms with Gasteiger partial charge in [0.2, 0.25) is 5.91 Å². The minimum atomic E-state index is -0.449. The molecule has 0 aliphatic heterocycles. The molecule has 0 aromatic carbocycles. The number of nitrogens with zero attached hydrogens (tertiary/aromatic N) is 10. The molecule has 5 N–H and O–H groups in total. The van der Waals surface area contributed by atoms with E-state index < -0.39 is 5.13 Å². The van der Waals surface area contributed by atoms with Crippen LogP contribution >= 0.6 is 22.7 Å². The number of fused-ring (bicyclic) bond motifs is 4. The molecule has 0 unspecified atom stereocenters. The molecule has 1 amide bonds. The average molecular weight is 939 g/mol. The largest absolute Gasteiger partial charge is 0.335 e. The first-order valence-corrected chi connectivity index (χ1v) is 22.9. The third-order valence-electron chi connectivity index (χ3n) is 11.6. The second kappa shape index (κ2) is 16.1. The molecule has 16 nitrogen and oxygen atoms in total. The third-order valence-corrected chi connectivity index (χ3v) is 13.4. The molecule has 20 heteroatoms. The van der Waals surface area contributed by atoms with Gasteiger partial charge in [-0.1, -0.05) is 18.9 Å². The maximum atomic E-state index is 16.0. The second-order valence-corrected chi connectivity index (χ2v) is 18.7. The predicted molar refractivity (Wildman–Crippen MR) is 257 cm³/mol. The molecule has 12 aromatic heterocycles. The van der Waals surface area contributed by atoms with Gasteiger partial charge in [-0.25, -0.2) is 15.0 Å². The number of nitrogens with one attached hydrogen (secondary N) is 5. The van der Waals surface area contributed by atoms with Crippen molar-refractivity contribution in [3.8, 4) is 71.9 Å². The van der Waals surface area contributed by atoms with Crippen LogP contribution in [0.15, 0.2) is 104 Å². The smallest absolute Gasteiger partial charge is 0.314 e. The minimum absolute atomic E-state index is 0.130. The number of aromatic nitrogens is 14. The summed E-state index contributed by atoms with van der Waals surface area (Å²) in [5, 5.41) is 19.2. The van der Waals surface area contributed by atoms with Crippen molar-refractivity contribution in [3.63, 3.8) is 0 Å². The van der Waals surface area contributed by atoms with Crippen LogP contribution in [0.25, 0.3) is 116 Å². The van der Waals surface area contributed by atoms with Gasteiger partial charge in [-0.15, -0.1) is 27.8 Å². The number of H-pyrrole nitrogens is 4. The van der Waals surface area contributed by atoms with Gasteiger partial charge in [-0.3, -0.25) is 29.8 Å². The van der Waals surface area contributed by atoms with Gasteiger partial charge in [-0.2, -0.15) is 18.4 Å². The first-order chi connectivity index (χ1) is 33.1. The van der Waals surface area contributed by atoms with Crippen LogP contribution in [0, 0.1) is 23.1 Å². The van der Waals surface area contributed by atoms with E-state index in [9.17, 15) is 9.18 Å². The lowest BCUT2D eigenvalue weighted by molar-refractivity contribution is -0.567. The molecule has 0 aliphatic carbocycles. The number of carbonyl (C=O) groups is 1. The summed E-state index contributed by atoms with van der Waals surface area (Å²) in [4.78, 5) is 53.4. The Morgan fingerprint density at radius 2 is 1.44 bits per heavy atom. The van der Waals surface area contributed by atoms with Crippen molar-refractivity contribution >= 4 is 78.4 Å². The van der Waals surface area contributed by atoms with E-state index in [0.717, 1.165) is 44.8 Å². The van der Waals surface area contributed by atoms with Crippen molar-refractivity contribution in [3.05, 3.63) is 120 Å². The molecule has 0 aliphatic rings. The summed E-state index contributed by atoms with van der Waals surface area (Å²) in [6.45, 7) is 5.98. The molecule has 68 heavy (non-hydrogen) atoms. The fraction of sp³-hybridized carbons (Fsp3) is 0.104. The van der Waals surface area contributed by atoms with E-state index in [0.29, 0.717) is 112 Å². The zero-order chi connectivity index (χ0) is 46.2. The van der Waals surface area contributed by atoms with E-state index in [2.05, 4.69) is 55.5 Å². The Labute approximate surface area is 390 Å². The number of carbonyl (C=O) groups excluding carboxylic acids is 1. The second-order valence-electron chi connectivity index (χ2n) is 16.6. The van der Waals surface area contributed by atoms with E-state index in [1.165, 1.54) is 12.1 Å². The number of amides is 1. The van der Waals surface area contributed by atoms with E-state index in [4.69, 9.17) is 15.1 Å². The summed E-state index contributed by atoms with van der Waals surface area (Å²) in [6.07, 6.45) is 17.5. The van der Waals surface area contributed by atoms with Crippen LogP contribution in [0.3, 0.4) is 0 Å². The molecule has 0 bridgehead atoms. The van der Waals surface area contributed by atoms with Gasteiger partial charge < -0.3 is 15.3 Å². The van der Waals surface area contributed by atoms with E-state index >= 15 is 4.39 Å². The highest BCUT2D eigenvalue weighted by molar-refractivity contribution is 7.14. The van der Waals surface area contributed by atoms with Gasteiger partial charge in [0.25, 0.3) is 0 Å². The van der Waals surface area contributed by atoms with Crippen LogP contribution in [-0.4, -0.2) is 71.2 Å². The summed E-state index contributed by atoms with van der Waals surface area (Å²) in [5.74, 6) is 0.927. The Balaban J connectivity index is 1.01. The molecule has 0 saturated carbocycles. The fourth-order valence-corrected chi connectivity index (χ4v) is 10.1. The number of hydrogen-bond donors (Lipinski definition) is 5. The van der Waals surface area contributed by atoms with E-state index in [-0.39, 0.29) is 17.0 Å². The molecule has 0 saturated heterocycles. The van der Waals surface area contributed by atoms with Gasteiger partial charge in [0.05, 0.1) is 45.6 Å². The van der Waals surface area contributed by atoms with Crippen LogP contribution in [0.1, 0.15) is 25.8 Å². The maximum Gasteiger partial charge on any atom is 0.314 e. The summed E-state index contributed by atoms with van der Waals surface area (Å²) < 4.78 is 32.1. The first kappa shape index (κ1) is 41.0. The third kappa shape index (κ3) is 7.13. The van der Waals surface area contributed by atoms with Crippen LogP contribution in [0.4, 0.5) is 14.5 Å². The standard InChI is InChI=1S/C48H33F2N15OS2/c1-22(2)8-39(66)56-27-9-24(13-52-15-27)26-11-29-43(47-57-33-19-53-17-31(40(33)59-47)36-4-5-37(49)67-36)62-64-48(29)65(21-26)35-12-38(50)68-44(35)32-18-54-20-34-41(32)60-46(58-34)42-28-10-25(14-55-45(28)63-61-42)30-16-51-7-6-23(30)3/h4-7,9-22H,8H2,1-3H3,(H4,53,54,55,56,57,58,59,60,61,62,63,66)/p+1. The SMILES string of the molecule is Cc1ccncc1-c1cnc2[nH]nc(-c3nc4c(-c5sc(F)cc5-[n+]5cc(-c6cncc(NC(=O)CC(C)C)c6)cc6c(-c7nc8c(-c9ccc(F)s9)cncc8[nH]7)n[nH]c65)cncc4[nH]3)c2c1. The lowest BCUT2D eigenvalue weighted by atomic mass is 10.0. The quantitative estimate of drug-likeness (QED) is 0.0819. The number of imidazole rings is 2. The Hall–Kier alpha value is -8.49. The number of pyridine rings is 6. The number of rotatable bonds is 10. The van der Waals surface area contributed by atoms with Crippen molar-refractivity contribution < 1.29 is 18.1 Å². The Morgan fingerprint density at radius 3 is 2.21 bits per heavy atom. The Kier molecular flexibility index (Phi) is 9.72. The van der Waals surface area contributed by atoms with Gasteiger partial charge in [0.15, 0.2) is 38.9 Å². The van der Waals surface area contributed by atoms with Crippen molar-refractivity contribution in [2.24, 2.45) is 5.92 Å². The maximum absolute atomic E-state index is 16.0. The summed E-state index contributed by atoms with van der Waals surface area (Å²) in [7, 11) is 0. The zero-order valence-electron chi connectivity index (χ0n) is 36.1. The fourth-order valence-electron chi connectivity index (χ4n) is 8.45. The molecule has 0 atom stereocenters. The lowest BCUT2D eigenvalue weighted by Crippen LogP contribution is -2.32. The van der Waals surface area contributed by atoms with Crippen molar-refractivity contribution in [1.29, 1.82) is 0 Å². The number of anilines is 1. The highest BCUT2D eigenvalue weighted by Crippen LogP contribution is 2.40. The summed E-state index contributed by atoms with van der Waals surface area (Å²) in [5.41, 5.74) is 11.0. The molecule has 0 radical (unpaired) electrons. The van der Waals surface area contributed by atoms with Gasteiger partial charge in [0.1, 0.15) is 28.3 Å².